The van der Waals surface area contributed by atoms with E-state index in [1.54, 1.807) is 0 Å². The zero-order chi connectivity index (χ0) is 10.0. The largest absolute Gasteiger partial charge is 0.480 e. The summed E-state index contributed by atoms with van der Waals surface area (Å²) in [5.41, 5.74) is 5.13. The van der Waals surface area contributed by atoms with Crippen molar-refractivity contribution < 1.29 is 14.3 Å². The zero-order valence-electron chi connectivity index (χ0n) is 6.91. The van der Waals surface area contributed by atoms with Crippen LogP contribution in [-0.4, -0.2) is 11.1 Å². The summed E-state index contributed by atoms with van der Waals surface area (Å²) < 4.78 is 13.0. The van der Waals surface area contributed by atoms with E-state index >= 15 is 0 Å². The average Bonchev–Trinajstić information content (AvgIpc) is 2.03. The standard InChI is InChI=1S/C8H7ClFNO2.ClH/c9-4-1-2-5(6(10)3-4)7(11)8(12)13;/h1-3,7H,11H2,(H,12,13);1H. The lowest BCUT2D eigenvalue weighted by atomic mass is 10.1. The third kappa shape index (κ3) is 2.83. The lowest BCUT2D eigenvalue weighted by Crippen LogP contribution is -2.21. The Kier molecular flexibility index (Phi) is 4.83. The molecule has 3 N–H and O–H groups in total. The van der Waals surface area contributed by atoms with Crippen molar-refractivity contribution in [1.82, 2.24) is 0 Å². The summed E-state index contributed by atoms with van der Waals surface area (Å²) in [5, 5.41) is 8.71. The number of aliphatic carboxylic acids is 1. The van der Waals surface area contributed by atoms with E-state index in [4.69, 9.17) is 22.4 Å². The van der Waals surface area contributed by atoms with Gasteiger partial charge in [0.25, 0.3) is 0 Å². The monoisotopic (exact) mass is 239 g/mol. The molecule has 0 aliphatic heterocycles. The van der Waals surface area contributed by atoms with Crippen LogP contribution in [0.4, 0.5) is 4.39 Å². The van der Waals surface area contributed by atoms with Crippen molar-refractivity contribution in [2.24, 2.45) is 5.73 Å². The van der Waals surface area contributed by atoms with Gasteiger partial charge >= 0.3 is 5.97 Å². The molecule has 0 saturated carbocycles. The van der Waals surface area contributed by atoms with E-state index in [-0.39, 0.29) is 23.0 Å². The van der Waals surface area contributed by atoms with Crippen LogP contribution in [0.1, 0.15) is 11.6 Å². The number of rotatable bonds is 2. The summed E-state index contributed by atoms with van der Waals surface area (Å²) >= 11 is 5.47. The number of nitrogens with two attached hydrogens (primary N) is 1. The van der Waals surface area contributed by atoms with Crippen LogP contribution in [-0.2, 0) is 4.79 Å². The summed E-state index contributed by atoms with van der Waals surface area (Å²) in [5.74, 6) is -1.98. The molecule has 0 spiro atoms. The van der Waals surface area contributed by atoms with E-state index in [1.165, 1.54) is 12.1 Å². The van der Waals surface area contributed by atoms with Crippen LogP contribution in [0, 0.1) is 5.82 Å². The van der Waals surface area contributed by atoms with Crippen molar-refractivity contribution in [3.05, 3.63) is 34.6 Å². The normalized spacial score (nSPS) is 11.6. The van der Waals surface area contributed by atoms with Crippen molar-refractivity contribution in [2.75, 3.05) is 0 Å². The maximum atomic E-state index is 13.0. The fourth-order valence-electron chi connectivity index (χ4n) is 0.887. The van der Waals surface area contributed by atoms with Gasteiger partial charge in [-0.05, 0) is 12.1 Å². The van der Waals surface area contributed by atoms with Crippen molar-refractivity contribution in [3.63, 3.8) is 0 Å². The van der Waals surface area contributed by atoms with Crippen LogP contribution < -0.4 is 5.73 Å². The van der Waals surface area contributed by atoms with Crippen molar-refractivity contribution in [3.8, 4) is 0 Å². The van der Waals surface area contributed by atoms with Gasteiger partial charge in [-0.2, -0.15) is 0 Å². The predicted octanol–water partition coefficient (Wildman–Crippen LogP) is 1.99. The van der Waals surface area contributed by atoms with Gasteiger partial charge in [0.15, 0.2) is 0 Å². The first-order valence-corrected chi connectivity index (χ1v) is 3.83. The van der Waals surface area contributed by atoms with Gasteiger partial charge in [-0.1, -0.05) is 17.7 Å². The third-order valence-corrected chi connectivity index (χ3v) is 1.80. The number of carboxylic acid groups (broad SMARTS) is 1. The molecular formula is C8H8Cl2FNO2. The SMILES string of the molecule is Cl.NC(C(=O)O)c1ccc(Cl)cc1F. The highest BCUT2D eigenvalue weighted by Crippen LogP contribution is 2.19. The molecule has 0 aliphatic carbocycles. The lowest BCUT2D eigenvalue weighted by molar-refractivity contribution is -0.138. The summed E-state index contributed by atoms with van der Waals surface area (Å²) in [4.78, 5) is 10.4. The molecule has 0 saturated heterocycles. The third-order valence-electron chi connectivity index (χ3n) is 1.56. The zero-order valence-corrected chi connectivity index (χ0v) is 8.48. The van der Waals surface area contributed by atoms with Gasteiger partial charge in [-0.3, -0.25) is 4.79 Å². The fourth-order valence-corrected chi connectivity index (χ4v) is 1.05. The summed E-state index contributed by atoms with van der Waals surface area (Å²) in [6.45, 7) is 0. The highest BCUT2D eigenvalue weighted by Gasteiger charge is 2.17. The second-order valence-corrected chi connectivity index (χ2v) is 2.92. The van der Waals surface area contributed by atoms with Gasteiger partial charge in [0, 0.05) is 10.6 Å². The molecular weight excluding hydrogens is 232 g/mol. The Morgan fingerprint density at radius 3 is 2.57 bits per heavy atom. The molecule has 0 aromatic heterocycles. The van der Waals surface area contributed by atoms with E-state index in [0.717, 1.165) is 6.07 Å². The number of hydrogen-bond donors (Lipinski definition) is 2. The molecule has 0 fully saturated rings. The molecule has 1 rings (SSSR count). The average molecular weight is 240 g/mol. The van der Waals surface area contributed by atoms with Gasteiger partial charge in [0.2, 0.25) is 0 Å². The molecule has 0 aliphatic rings. The lowest BCUT2D eigenvalue weighted by Gasteiger charge is -2.07. The summed E-state index contributed by atoms with van der Waals surface area (Å²) in [6, 6.07) is 2.33. The van der Waals surface area contributed by atoms with Crippen LogP contribution in [0.5, 0.6) is 0 Å². The first kappa shape index (κ1) is 13.2. The van der Waals surface area contributed by atoms with Crippen LogP contribution in [0.25, 0.3) is 0 Å². The molecule has 0 amide bonds. The first-order chi connectivity index (χ1) is 6.02. The minimum Gasteiger partial charge on any atom is -0.480 e. The predicted molar refractivity (Wildman–Crippen MR) is 53.2 cm³/mol. The van der Waals surface area contributed by atoms with Gasteiger partial charge < -0.3 is 10.8 Å². The highest BCUT2D eigenvalue weighted by molar-refractivity contribution is 6.30. The molecule has 1 unspecified atom stereocenters. The van der Waals surface area contributed by atoms with Crippen LogP contribution in [0.3, 0.4) is 0 Å². The van der Waals surface area contributed by atoms with E-state index in [2.05, 4.69) is 0 Å². The Morgan fingerprint density at radius 1 is 1.57 bits per heavy atom. The Hall–Kier alpha value is -0.840. The Labute approximate surface area is 91.1 Å². The smallest absolute Gasteiger partial charge is 0.325 e. The fraction of sp³-hybridized carbons (Fsp3) is 0.125. The second-order valence-electron chi connectivity index (χ2n) is 2.48. The van der Waals surface area contributed by atoms with Gasteiger partial charge in [0.1, 0.15) is 11.9 Å². The Balaban J connectivity index is 0.00000169. The van der Waals surface area contributed by atoms with Gasteiger partial charge in [-0.15, -0.1) is 12.4 Å². The van der Waals surface area contributed by atoms with Crippen LogP contribution >= 0.6 is 24.0 Å². The van der Waals surface area contributed by atoms with E-state index in [1.807, 2.05) is 0 Å². The topological polar surface area (TPSA) is 63.3 Å². The summed E-state index contributed by atoms with van der Waals surface area (Å²) in [6.07, 6.45) is 0. The number of halogens is 3. The van der Waals surface area contributed by atoms with Crippen LogP contribution in [0.15, 0.2) is 18.2 Å². The minimum atomic E-state index is -1.35. The van der Waals surface area contributed by atoms with E-state index < -0.39 is 17.8 Å². The van der Waals surface area contributed by atoms with Crippen LogP contribution in [0.2, 0.25) is 5.02 Å². The van der Waals surface area contributed by atoms with Gasteiger partial charge in [-0.25, -0.2) is 4.39 Å². The number of benzene rings is 1. The molecule has 0 bridgehead atoms. The van der Waals surface area contributed by atoms with Gasteiger partial charge in [0.05, 0.1) is 0 Å². The van der Waals surface area contributed by atoms with Crippen molar-refractivity contribution in [2.45, 2.75) is 6.04 Å². The molecule has 1 atom stereocenters. The molecule has 3 nitrogen and oxygen atoms in total. The maximum Gasteiger partial charge on any atom is 0.325 e. The molecule has 0 heterocycles. The Morgan fingerprint density at radius 2 is 2.14 bits per heavy atom. The van der Waals surface area contributed by atoms with Crippen molar-refractivity contribution in [1.29, 1.82) is 0 Å². The van der Waals surface area contributed by atoms with E-state index in [9.17, 15) is 9.18 Å². The molecule has 78 valence electrons. The van der Waals surface area contributed by atoms with E-state index in [0.29, 0.717) is 0 Å². The maximum absolute atomic E-state index is 13.0. The molecule has 1 aromatic carbocycles. The van der Waals surface area contributed by atoms with Crippen molar-refractivity contribution >= 4 is 30.0 Å². The molecule has 14 heavy (non-hydrogen) atoms. The number of carboxylic acids is 1. The number of carbonyl (C=O) groups is 1. The quantitative estimate of drug-likeness (QED) is 0.830. The Bertz CT molecular complexity index is 346. The number of hydrogen-bond acceptors (Lipinski definition) is 2. The summed E-state index contributed by atoms with van der Waals surface area (Å²) in [7, 11) is 0. The molecule has 0 radical (unpaired) electrons. The second kappa shape index (κ2) is 5.14. The first-order valence-electron chi connectivity index (χ1n) is 3.45. The highest BCUT2D eigenvalue weighted by atomic mass is 35.5. The molecule has 6 heteroatoms. The molecule has 1 aromatic rings. The minimum absolute atomic E-state index is 0.